The maximum atomic E-state index is 9.93. The summed E-state index contributed by atoms with van der Waals surface area (Å²) >= 11 is 0. The zero-order valence-electron chi connectivity index (χ0n) is 12.9. The Hall–Kier alpha value is -1.06. The van der Waals surface area contributed by atoms with Crippen molar-refractivity contribution in [1.29, 1.82) is 0 Å². The largest absolute Gasteiger partial charge is 0.507 e. The fourth-order valence-electron chi connectivity index (χ4n) is 2.41. The van der Waals surface area contributed by atoms with Crippen LogP contribution in [0.1, 0.15) is 38.8 Å². The number of phenols is 1. The number of nitrogens with zero attached hydrogens (tertiary/aromatic N) is 1. The second kappa shape index (κ2) is 7.51. The van der Waals surface area contributed by atoms with Crippen molar-refractivity contribution in [2.75, 3.05) is 13.1 Å². The van der Waals surface area contributed by atoms with Crippen molar-refractivity contribution < 1.29 is 5.11 Å². The van der Waals surface area contributed by atoms with E-state index in [2.05, 4.69) is 37.9 Å². The van der Waals surface area contributed by atoms with Crippen molar-refractivity contribution in [1.82, 2.24) is 10.2 Å². The number of nitrogens with one attached hydrogen (secondary N) is 1. The molecule has 2 N–H and O–H groups in total. The van der Waals surface area contributed by atoms with Crippen LogP contribution in [0, 0.1) is 6.92 Å². The maximum Gasteiger partial charge on any atom is 0.122 e. The van der Waals surface area contributed by atoms with Crippen molar-refractivity contribution >= 4 is 0 Å². The molecule has 0 radical (unpaired) electrons. The van der Waals surface area contributed by atoms with Gasteiger partial charge in [0.05, 0.1) is 0 Å². The fourth-order valence-corrected chi connectivity index (χ4v) is 2.41. The molecule has 0 spiro atoms. The molecule has 1 aromatic carbocycles. The summed E-state index contributed by atoms with van der Waals surface area (Å²) in [7, 11) is 0. The summed E-state index contributed by atoms with van der Waals surface area (Å²) < 4.78 is 0. The van der Waals surface area contributed by atoms with E-state index < -0.39 is 0 Å². The quantitative estimate of drug-likeness (QED) is 0.743. The number of hydrogen-bond donors (Lipinski definition) is 2. The zero-order valence-corrected chi connectivity index (χ0v) is 12.9. The summed E-state index contributed by atoms with van der Waals surface area (Å²) in [6.07, 6.45) is 0. The summed E-state index contributed by atoms with van der Waals surface area (Å²) in [6, 6.07) is 7.01. The van der Waals surface area contributed by atoms with Gasteiger partial charge >= 0.3 is 0 Å². The first-order valence-corrected chi connectivity index (χ1v) is 7.17. The fraction of sp³-hybridized carbons (Fsp3) is 0.625. The minimum atomic E-state index is 0.416. The van der Waals surface area contributed by atoms with Crippen LogP contribution >= 0.6 is 0 Å². The van der Waals surface area contributed by atoms with Gasteiger partial charge in [0.25, 0.3) is 0 Å². The van der Waals surface area contributed by atoms with Crippen molar-refractivity contribution in [3.8, 4) is 5.75 Å². The van der Waals surface area contributed by atoms with Gasteiger partial charge in [0.1, 0.15) is 5.75 Å². The van der Waals surface area contributed by atoms with Crippen LogP contribution in [0.3, 0.4) is 0 Å². The molecule has 0 amide bonds. The van der Waals surface area contributed by atoms with Crippen molar-refractivity contribution in [2.45, 2.75) is 53.2 Å². The molecule has 0 saturated heterocycles. The highest BCUT2D eigenvalue weighted by atomic mass is 16.3. The summed E-state index contributed by atoms with van der Waals surface area (Å²) in [4.78, 5) is 2.46. The first-order valence-electron chi connectivity index (χ1n) is 7.17. The molecule has 0 aliphatic rings. The minimum Gasteiger partial charge on any atom is -0.507 e. The number of para-hydroxylation sites is 1. The van der Waals surface area contributed by atoms with E-state index in [4.69, 9.17) is 0 Å². The lowest BCUT2D eigenvalue weighted by Crippen LogP contribution is -2.41. The van der Waals surface area contributed by atoms with Crippen LogP contribution < -0.4 is 5.32 Å². The van der Waals surface area contributed by atoms with Crippen molar-refractivity contribution in [2.24, 2.45) is 0 Å². The van der Waals surface area contributed by atoms with Gasteiger partial charge < -0.3 is 10.4 Å². The molecule has 0 bridgehead atoms. The predicted molar refractivity (Wildman–Crippen MR) is 81.5 cm³/mol. The molecule has 0 atom stereocenters. The molecule has 0 saturated carbocycles. The summed E-state index contributed by atoms with van der Waals surface area (Å²) in [6.45, 7) is 13.5. The Bertz CT molecular complexity index is 380. The Morgan fingerprint density at radius 1 is 1.16 bits per heavy atom. The normalized spacial score (nSPS) is 11.8. The molecule has 19 heavy (non-hydrogen) atoms. The Morgan fingerprint density at radius 3 is 2.37 bits per heavy atom. The van der Waals surface area contributed by atoms with Crippen LogP contribution in [0.5, 0.6) is 5.75 Å². The van der Waals surface area contributed by atoms with E-state index in [1.54, 1.807) is 0 Å². The van der Waals surface area contributed by atoms with Gasteiger partial charge in [-0.1, -0.05) is 18.2 Å². The van der Waals surface area contributed by atoms with E-state index in [9.17, 15) is 5.11 Å². The molecule has 0 aliphatic carbocycles. The standard InChI is InChI=1S/C16H28N2O/c1-12(2)18(13(3)4)10-9-17-11-15-8-6-7-14(5)16(15)19/h6-8,12-13,17,19H,9-11H2,1-5H3. The van der Waals surface area contributed by atoms with Gasteiger partial charge in [0, 0.05) is 37.3 Å². The number of hydrogen-bond acceptors (Lipinski definition) is 3. The lowest BCUT2D eigenvalue weighted by Gasteiger charge is -2.30. The molecular weight excluding hydrogens is 236 g/mol. The van der Waals surface area contributed by atoms with Crippen LogP contribution in [-0.2, 0) is 6.54 Å². The van der Waals surface area contributed by atoms with Gasteiger partial charge in [0.2, 0.25) is 0 Å². The lowest BCUT2D eigenvalue weighted by molar-refractivity contribution is 0.175. The molecule has 0 heterocycles. The third-order valence-corrected chi connectivity index (χ3v) is 3.51. The second-order valence-corrected chi connectivity index (χ2v) is 5.68. The van der Waals surface area contributed by atoms with Gasteiger partial charge in [-0.3, -0.25) is 4.90 Å². The lowest BCUT2D eigenvalue weighted by atomic mass is 10.1. The van der Waals surface area contributed by atoms with Crippen LogP contribution in [0.2, 0.25) is 0 Å². The molecule has 108 valence electrons. The van der Waals surface area contributed by atoms with Gasteiger partial charge in [-0.05, 0) is 40.2 Å². The summed E-state index contributed by atoms with van der Waals surface area (Å²) in [5.74, 6) is 0.416. The smallest absolute Gasteiger partial charge is 0.122 e. The number of benzene rings is 1. The van der Waals surface area contributed by atoms with E-state index in [0.29, 0.717) is 17.8 Å². The maximum absolute atomic E-state index is 9.93. The summed E-state index contributed by atoms with van der Waals surface area (Å²) in [5, 5.41) is 13.3. The van der Waals surface area contributed by atoms with E-state index in [0.717, 1.165) is 30.8 Å². The molecule has 1 rings (SSSR count). The third-order valence-electron chi connectivity index (χ3n) is 3.51. The highest BCUT2D eigenvalue weighted by Crippen LogP contribution is 2.20. The Labute approximate surface area is 117 Å². The van der Waals surface area contributed by atoms with Crippen molar-refractivity contribution in [3.05, 3.63) is 29.3 Å². The molecular formula is C16H28N2O. The first kappa shape index (κ1) is 16.0. The Morgan fingerprint density at radius 2 is 1.79 bits per heavy atom. The van der Waals surface area contributed by atoms with Crippen LogP contribution in [0.25, 0.3) is 0 Å². The van der Waals surface area contributed by atoms with E-state index in [1.807, 2.05) is 25.1 Å². The van der Waals surface area contributed by atoms with Crippen molar-refractivity contribution in [3.63, 3.8) is 0 Å². The second-order valence-electron chi connectivity index (χ2n) is 5.68. The van der Waals surface area contributed by atoms with Gasteiger partial charge in [0.15, 0.2) is 0 Å². The van der Waals surface area contributed by atoms with Crippen LogP contribution in [0.4, 0.5) is 0 Å². The monoisotopic (exact) mass is 264 g/mol. The topological polar surface area (TPSA) is 35.5 Å². The van der Waals surface area contributed by atoms with Gasteiger partial charge in [-0.25, -0.2) is 0 Å². The molecule has 3 heteroatoms. The SMILES string of the molecule is Cc1cccc(CNCCN(C(C)C)C(C)C)c1O. The number of aryl methyl sites for hydroxylation is 1. The van der Waals surface area contributed by atoms with E-state index in [-0.39, 0.29) is 0 Å². The molecule has 0 fully saturated rings. The number of aromatic hydroxyl groups is 1. The predicted octanol–water partition coefficient (Wildman–Crippen LogP) is 2.91. The number of rotatable bonds is 7. The Balaban J connectivity index is 2.40. The summed E-state index contributed by atoms with van der Waals surface area (Å²) in [5.41, 5.74) is 1.91. The molecule has 1 aromatic rings. The van der Waals surface area contributed by atoms with Crippen LogP contribution in [-0.4, -0.2) is 35.2 Å². The van der Waals surface area contributed by atoms with E-state index in [1.165, 1.54) is 0 Å². The first-order chi connectivity index (χ1) is 8.93. The zero-order chi connectivity index (χ0) is 14.4. The number of phenolic OH excluding ortho intramolecular Hbond substituents is 1. The minimum absolute atomic E-state index is 0.416. The highest BCUT2D eigenvalue weighted by Gasteiger charge is 2.12. The highest BCUT2D eigenvalue weighted by molar-refractivity contribution is 5.39. The Kier molecular flexibility index (Phi) is 6.32. The average Bonchev–Trinajstić information content (AvgIpc) is 2.33. The van der Waals surface area contributed by atoms with E-state index >= 15 is 0 Å². The van der Waals surface area contributed by atoms with Gasteiger partial charge in [-0.15, -0.1) is 0 Å². The molecule has 0 unspecified atom stereocenters. The molecule has 3 nitrogen and oxygen atoms in total. The molecule has 0 aliphatic heterocycles. The van der Waals surface area contributed by atoms with Crippen LogP contribution in [0.15, 0.2) is 18.2 Å². The van der Waals surface area contributed by atoms with Gasteiger partial charge in [-0.2, -0.15) is 0 Å². The molecule has 0 aromatic heterocycles. The third kappa shape index (κ3) is 4.84. The average molecular weight is 264 g/mol.